The van der Waals surface area contributed by atoms with E-state index in [1.54, 1.807) is 24.3 Å². The molecule has 1 aromatic carbocycles. The van der Waals surface area contributed by atoms with Crippen LogP contribution in [0.5, 0.6) is 5.75 Å². The number of nitrogens with two attached hydrogens (primary N) is 3. The van der Waals surface area contributed by atoms with Gasteiger partial charge in [-0.15, -0.1) is 0 Å². The van der Waals surface area contributed by atoms with Crippen LogP contribution in [-0.4, -0.2) is 37.4 Å². The Labute approximate surface area is 167 Å². The number of hydrogen-bond acceptors (Lipinski definition) is 4. The largest absolute Gasteiger partial charge is 0.494 e. The minimum Gasteiger partial charge on any atom is -0.494 e. The van der Waals surface area contributed by atoms with Gasteiger partial charge in [0, 0.05) is 25.1 Å². The summed E-state index contributed by atoms with van der Waals surface area (Å²) in [6.45, 7) is 1.90. The van der Waals surface area contributed by atoms with Crippen molar-refractivity contribution in [2.45, 2.75) is 51.4 Å². The summed E-state index contributed by atoms with van der Waals surface area (Å²) >= 11 is 0. The topological polar surface area (TPSA) is 153 Å². The quantitative estimate of drug-likeness (QED) is 0.176. The van der Waals surface area contributed by atoms with E-state index in [-0.39, 0.29) is 17.7 Å². The smallest absolute Gasteiger partial charge is 0.220 e. The first-order valence-electron chi connectivity index (χ1n) is 9.88. The first-order chi connectivity index (χ1) is 13.5. The molecule has 0 aliphatic rings. The fourth-order valence-electron chi connectivity index (χ4n) is 2.62. The molecule has 156 valence electrons. The summed E-state index contributed by atoms with van der Waals surface area (Å²) in [6.07, 6.45) is 7.69. The summed E-state index contributed by atoms with van der Waals surface area (Å²) in [6, 6.07) is 7.04. The Morgan fingerprint density at radius 1 is 0.964 bits per heavy atom. The third-order valence-electron chi connectivity index (χ3n) is 4.18. The third kappa shape index (κ3) is 11.8. The minimum absolute atomic E-state index is 0.0334. The van der Waals surface area contributed by atoms with E-state index in [1.807, 2.05) is 0 Å². The lowest BCUT2D eigenvalue weighted by Crippen LogP contribution is -2.24. The zero-order chi connectivity index (χ0) is 20.6. The number of nitrogen functional groups attached to an aromatic ring is 1. The van der Waals surface area contributed by atoms with E-state index in [0.29, 0.717) is 37.3 Å². The summed E-state index contributed by atoms with van der Waals surface area (Å²) < 4.78 is 5.59. The second-order valence-electron chi connectivity index (χ2n) is 6.67. The average molecular weight is 391 g/mol. The van der Waals surface area contributed by atoms with Gasteiger partial charge in [0.1, 0.15) is 11.6 Å². The van der Waals surface area contributed by atoms with Gasteiger partial charge < -0.3 is 27.3 Å². The van der Waals surface area contributed by atoms with Gasteiger partial charge >= 0.3 is 0 Å². The molecular weight excluding hydrogens is 356 g/mol. The lowest BCUT2D eigenvalue weighted by Gasteiger charge is -2.08. The Morgan fingerprint density at radius 2 is 1.61 bits per heavy atom. The van der Waals surface area contributed by atoms with Gasteiger partial charge in [-0.05, 0) is 43.5 Å². The predicted molar refractivity (Wildman–Crippen MR) is 114 cm³/mol. The molecule has 0 saturated carbocycles. The van der Waals surface area contributed by atoms with Gasteiger partial charge in [-0.2, -0.15) is 0 Å². The first-order valence-corrected chi connectivity index (χ1v) is 9.88. The number of amidine groups is 1. The van der Waals surface area contributed by atoms with Crippen molar-refractivity contribution in [1.82, 2.24) is 5.32 Å². The van der Waals surface area contributed by atoms with E-state index < -0.39 is 0 Å². The van der Waals surface area contributed by atoms with Crippen LogP contribution >= 0.6 is 0 Å². The van der Waals surface area contributed by atoms with Crippen LogP contribution in [0.25, 0.3) is 0 Å². The fraction of sp³-hybridized carbons (Fsp3) is 0.550. The number of carbonyl (C=O) groups excluding carboxylic acids is 1. The minimum atomic E-state index is 0.0334. The molecule has 1 rings (SSSR count). The standard InChI is InChI=1S/C20H34N6O2/c21-19(22)16-9-11-17(12-10-16)28-15-7-8-18(27)25-13-5-3-1-2-4-6-14-26-20(23)24/h9-12H,1-8,13-15H2,(H3,21,22)(H,25,27)(H4,23,24,26). The number of unbranched alkanes of at least 4 members (excludes halogenated alkanes) is 5. The molecule has 8 N–H and O–H groups in total. The molecule has 0 atom stereocenters. The molecule has 0 fully saturated rings. The van der Waals surface area contributed by atoms with Gasteiger partial charge in [-0.25, -0.2) is 0 Å². The van der Waals surface area contributed by atoms with Crippen molar-refractivity contribution in [2.24, 2.45) is 22.2 Å². The second kappa shape index (κ2) is 14.3. The summed E-state index contributed by atoms with van der Waals surface area (Å²) in [7, 11) is 0. The van der Waals surface area contributed by atoms with Crippen LogP contribution in [0.4, 0.5) is 0 Å². The second-order valence-corrected chi connectivity index (χ2v) is 6.67. The number of nitrogens with zero attached hydrogens (tertiary/aromatic N) is 1. The van der Waals surface area contributed by atoms with Crippen molar-refractivity contribution < 1.29 is 9.53 Å². The normalized spacial score (nSPS) is 10.3. The Morgan fingerprint density at radius 3 is 2.25 bits per heavy atom. The fourth-order valence-corrected chi connectivity index (χ4v) is 2.62. The molecule has 0 aromatic heterocycles. The maximum absolute atomic E-state index is 11.8. The van der Waals surface area contributed by atoms with Crippen LogP contribution in [0.2, 0.25) is 0 Å². The van der Waals surface area contributed by atoms with Crippen molar-refractivity contribution in [3.63, 3.8) is 0 Å². The zero-order valence-electron chi connectivity index (χ0n) is 16.6. The van der Waals surface area contributed by atoms with Crippen LogP contribution < -0.4 is 27.3 Å². The highest BCUT2D eigenvalue weighted by atomic mass is 16.5. The number of ether oxygens (including phenoxy) is 1. The van der Waals surface area contributed by atoms with Crippen LogP contribution in [-0.2, 0) is 4.79 Å². The highest BCUT2D eigenvalue weighted by molar-refractivity contribution is 5.94. The molecule has 0 saturated heterocycles. The van der Waals surface area contributed by atoms with Crippen LogP contribution in [0, 0.1) is 5.41 Å². The van der Waals surface area contributed by atoms with Gasteiger partial charge in [0.05, 0.1) is 6.61 Å². The van der Waals surface area contributed by atoms with Crippen LogP contribution in [0.3, 0.4) is 0 Å². The van der Waals surface area contributed by atoms with Gasteiger partial charge in [-0.1, -0.05) is 25.7 Å². The Bertz CT molecular complexity index is 612. The molecular formula is C20H34N6O2. The number of nitrogens with one attached hydrogen (secondary N) is 2. The highest BCUT2D eigenvalue weighted by Crippen LogP contribution is 2.12. The number of aliphatic imine (C=N–C) groups is 1. The predicted octanol–water partition coefficient (Wildman–Crippen LogP) is 1.86. The number of rotatable bonds is 15. The van der Waals surface area contributed by atoms with Gasteiger partial charge in [0.2, 0.25) is 5.91 Å². The van der Waals surface area contributed by atoms with Gasteiger partial charge in [-0.3, -0.25) is 15.2 Å². The Balaban J connectivity index is 1.94. The maximum atomic E-state index is 11.8. The number of guanidine groups is 1. The van der Waals surface area contributed by atoms with E-state index in [0.717, 1.165) is 38.6 Å². The maximum Gasteiger partial charge on any atom is 0.220 e. The van der Waals surface area contributed by atoms with E-state index in [2.05, 4.69) is 10.3 Å². The molecule has 0 heterocycles. The summed E-state index contributed by atoms with van der Waals surface area (Å²) in [4.78, 5) is 15.8. The first kappa shape index (κ1) is 23.3. The number of amides is 1. The summed E-state index contributed by atoms with van der Waals surface area (Å²) in [5, 5.41) is 10.3. The van der Waals surface area contributed by atoms with E-state index in [1.165, 1.54) is 6.42 Å². The van der Waals surface area contributed by atoms with Crippen LogP contribution in [0.15, 0.2) is 29.3 Å². The third-order valence-corrected chi connectivity index (χ3v) is 4.18. The van der Waals surface area contributed by atoms with Crippen molar-refractivity contribution in [2.75, 3.05) is 19.7 Å². The molecule has 0 unspecified atom stereocenters. The molecule has 8 nitrogen and oxygen atoms in total. The summed E-state index contributed by atoms with van der Waals surface area (Å²) in [5.74, 6) is 0.966. The lowest BCUT2D eigenvalue weighted by atomic mass is 10.1. The molecule has 0 aliphatic carbocycles. The lowest BCUT2D eigenvalue weighted by molar-refractivity contribution is -0.121. The SMILES string of the molecule is N=C(N)c1ccc(OCCCC(=O)NCCCCCCCCN=C(N)N)cc1. The number of hydrogen-bond donors (Lipinski definition) is 5. The Hall–Kier alpha value is -2.77. The van der Waals surface area contributed by atoms with Crippen molar-refractivity contribution in [1.29, 1.82) is 5.41 Å². The van der Waals surface area contributed by atoms with E-state index >= 15 is 0 Å². The number of benzene rings is 1. The number of carbonyl (C=O) groups is 1. The van der Waals surface area contributed by atoms with Crippen molar-refractivity contribution >= 4 is 17.7 Å². The summed E-state index contributed by atoms with van der Waals surface area (Å²) in [5.41, 5.74) is 16.6. The molecule has 0 bridgehead atoms. The zero-order valence-corrected chi connectivity index (χ0v) is 16.6. The van der Waals surface area contributed by atoms with E-state index in [4.69, 9.17) is 27.3 Å². The van der Waals surface area contributed by atoms with Crippen LogP contribution in [0.1, 0.15) is 56.9 Å². The molecule has 1 aromatic rings. The molecule has 28 heavy (non-hydrogen) atoms. The molecule has 0 aliphatic heterocycles. The van der Waals surface area contributed by atoms with Gasteiger partial charge in [0.15, 0.2) is 5.96 Å². The molecule has 1 amide bonds. The van der Waals surface area contributed by atoms with Crippen molar-refractivity contribution in [3.8, 4) is 5.75 Å². The van der Waals surface area contributed by atoms with E-state index in [9.17, 15) is 4.79 Å². The molecule has 0 radical (unpaired) electrons. The monoisotopic (exact) mass is 390 g/mol. The molecule has 8 heteroatoms. The van der Waals surface area contributed by atoms with Gasteiger partial charge in [0.25, 0.3) is 0 Å². The average Bonchev–Trinajstić information content (AvgIpc) is 2.66. The van der Waals surface area contributed by atoms with Crippen molar-refractivity contribution in [3.05, 3.63) is 29.8 Å². The highest BCUT2D eigenvalue weighted by Gasteiger charge is 2.02. The Kier molecular flexibility index (Phi) is 11.9. The molecule has 0 spiro atoms.